The first-order valence-electron chi connectivity index (χ1n) is 8.81. The largest absolute Gasteiger partial charge is 0.478 e. The summed E-state index contributed by atoms with van der Waals surface area (Å²) in [5.41, 5.74) is 0. The van der Waals surface area contributed by atoms with Gasteiger partial charge >= 0.3 is 18.1 Å². The third-order valence-corrected chi connectivity index (χ3v) is 5.84. The molecule has 1 aliphatic rings. The van der Waals surface area contributed by atoms with E-state index >= 15 is 0 Å². The third kappa shape index (κ3) is 5.95. The average molecular weight is 484 g/mol. The van der Waals surface area contributed by atoms with Gasteiger partial charge in [0.15, 0.2) is 0 Å². The van der Waals surface area contributed by atoms with Gasteiger partial charge in [-0.25, -0.2) is 17.9 Å². The van der Waals surface area contributed by atoms with E-state index in [0.29, 0.717) is 6.08 Å². The molecule has 0 fully saturated rings. The molecule has 0 bridgehead atoms. The topological polar surface area (TPSA) is 182 Å². The summed E-state index contributed by atoms with van der Waals surface area (Å²) in [6, 6.07) is 2.58. The maximum Gasteiger partial charge on any atom is 0.471 e. The zero-order chi connectivity index (χ0) is 24.3. The van der Waals surface area contributed by atoms with Crippen LogP contribution in [0.3, 0.4) is 0 Å². The molecule has 0 radical (unpaired) electrons. The minimum Gasteiger partial charge on any atom is -0.478 e. The molecule has 0 saturated heterocycles. The number of carboxylic acids is 1. The smallest absolute Gasteiger partial charge is 0.471 e. The number of nitrogens with one attached hydrogen (secondary N) is 2. The number of hydrogen-bond donors (Lipinski definition) is 6. The molecule has 0 aromatic heterocycles. The van der Waals surface area contributed by atoms with Crippen LogP contribution in [0.2, 0.25) is 0 Å². The summed E-state index contributed by atoms with van der Waals surface area (Å²) in [6.07, 6.45) is -11.2. The molecular weight excluding hydrogens is 465 g/mol. The average Bonchev–Trinajstić information content (AvgIpc) is 2.73. The molecule has 1 aromatic carbocycles. The van der Waals surface area contributed by atoms with Gasteiger partial charge in [-0.3, -0.25) is 4.79 Å². The van der Waals surface area contributed by atoms with Crippen molar-refractivity contribution in [1.29, 1.82) is 0 Å². The number of carbonyl (C=O) groups is 2. The summed E-state index contributed by atoms with van der Waals surface area (Å²) in [5, 5.41) is 39.6. The van der Waals surface area contributed by atoms with Gasteiger partial charge in [0.1, 0.15) is 18.3 Å². The molecule has 32 heavy (non-hydrogen) atoms. The van der Waals surface area contributed by atoms with Gasteiger partial charge < -0.3 is 30.5 Å². The molecule has 6 N–H and O–H groups in total. The summed E-state index contributed by atoms with van der Waals surface area (Å²) in [7, 11) is -4.46. The van der Waals surface area contributed by atoms with Gasteiger partial charge in [0.25, 0.3) is 0 Å². The number of halogens is 3. The van der Waals surface area contributed by atoms with Crippen molar-refractivity contribution in [3.05, 3.63) is 42.2 Å². The second kappa shape index (κ2) is 9.83. The van der Waals surface area contributed by atoms with Crippen molar-refractivity contribution >= 4 is 21.9 Å². The normalized spacial score (nSPS) is 23.4. The number of sulfonamides is 1. The maximum atomic E-state index is 12.8. The van der Waals surface area contributed by atoms with Crippen LogP contribution in [0, 0.1) is 0 Å². The zero-order valence-corrected chi connectivity index (χ0v) is 16.7. The fourth-order valence-corrected chi connectivity index (χ4v) is 4.04. The quantitative estimate of drug-likeness (QED) is 0.255. The molecule has 1 heterocycles. The standard InChI is InChI=1S/C17H19F3N2O9S/c18-17(19,20)16(28)21-12-9(22-32(29,30)8-4-2-1-3-5-8)6-11(15(26)27)31-14(12)13(25)10(24)7-23/h1-6,9-10,12-14,22-25H,7H2,(H,21,28)(H,26,27)/t9-,10+,12+,13+,14+/m0/s1. The highest BCUT2D eigenvalue weighted by molar-refractivity contribution is 7.89. The van der Waals surface area contributed by atoms with Gasteiger partial charge in [-0.2, -0.15) is 13.2 Å². The highest BCUT2D eigenvalue weighted by atomic mass is 32.2. The van der Waals surface area contributed by atoms with Crippen LogP contribution >= 0.6 is 0 Å². The van der Waals surface area contributed by atoms with E-state index in [9.17, 15) is 46.5 Å². The Morgan fingerprint density at radius 2 is 1.75 bits per heavy atom. The number of aliphatic hydroxyl groups is 3. The number of carboxylic acid groups (broad SMARTS) is 1. The molecule has 0 saturated carbocycles. The summed E-state index contributed by atoms with van der Waals surface area (Å²) >= 11 is 0. The number of ether oxygens (including phenoxy) is 1. The molecule has 2 rings (SSSR count). The molecule has 1 aromatic rings. The van der Waals surface area contributed by atoms with Crippen LogP contribution in [0.5, 0.6) is 0 Å². The first-order chi connectivity index (χ1) is 14.8. The van der Waals surface area contributed by atoms with Crippen molar-refractivity contribution in [3.63, 3.8) is 0 Å². The Bertz CT molecular complexity index is 969. The molecule has 11 nitrogen and oxygen atoms in total. The lowest BCUT2D eigenvalue weighted by atomic mass is 9.92. The number of aliphatic hydroxyl groups excluding tert-OH is 3. The van der Waals surface area contributed by atoms with Gasteiger partial charge in [-0.05, 0) is 18.2 Å². The van der Waals surface area contributed by atoms with E-state index in [0.717, 1.165) is 12.1 Å². The van der Waals surface area contributed by atoms with Crippen molar-refractivity contribution in [2.24, 2.45) is 0 Å². The second-order valence-electron chi connectivity index (χ2n) is 6.62. The molecule has 0 spiro atoms. The molecule has 0 unspecified atom stereocenters. The second-order valence-corrected chi connectivity index (χ2v) is 8.33. The Morgan fingerprint density at radius 3 is 2.25 bits per heavy atom. The van der Waals surface area contributed by atoms with Crippen LogP contribution < -0.4 is 10.0 Å². The first-order valence-corrected chi connectivity index (χ1v) is 10.3. The third-order valence-electron chi connectivity index (χ3n) is 4.36. The van der Waals surface area contributed by atoms with Crippen molar-refractivity contribution in [2.45, 2.75) is 41.5 Å². The monoisotopic (exact) mass is 484 g/mol. The summed E-state index contributed by atoms with van der Waals surface area (Å²) in [4.78, 5) is 22.6. The highest BCUT2D eigenvalue weighted by Crippen LogP contribution is 2.26. The molecule has 178 valence electrons. The van der Waals surface area contributed by atoms with Crippen LogP contribution in [0.1, 0.15) is 0 Å². The Hall–Kier alpha value is -2.72. The van der Waals surface area contributed by atoms with Crippen LogP contribution in [-0.4, -0.2) is 83.9 Å². The van der Waals surface area contributed by atoms with E-state index < -0.39 is 70.8 Å². The Morgan fingerprint density at radius 1 is 1.16 bits per heavy atom. The molecule has 0 aliphatic carbocycles. The molecule has 1 amide bonds. The number of carbonyl (C=O) groups excluding carboxylic acids is 1. The van der Waals surface area contributed by atoms with Gasteiger partial charge in [-0.15, -0.1) is 0 Å². The molecule has 5 atom stereocenters. The van der Waals surface area contributed by atoms with E-state index in [1.54, 1.807) is 0 Å². The number of aliphatic carboxylic acids is 1. The van der Waals surface area contributed by atoms with Crippen LogP contribution in [0.15, 0.2) is 47.1 Å². The number of amides is 1. The van der Waals surface area contributed by atoms with E-state index in [-0.39, 0.29) is 4.90 Å². The zero-order valence-electron chi connectivity index (χ0n) is 15.9. The number of hydrogen-bond acceptors (Lipinski definition) is 8. The van der Waals surface area contributed by atoms with Crippen molar-refractivity contribution in [1.82, 2.24) is 10.0 Å². The van der Waals surface area contributed by atoms with E-state index in [2.05, 4.69) is 0 Å². The summed E-state index contributed by atoms with van der Waals surface area (Å²) in [5.74, 6) is -5.29. The van der Waals surface area contributed by atoms with Gasteiger partial charge in [0.05, 0.1) is 23.6 Å². The minimum atomic E-state index is -5.43. The predicted molar refractivity (Wildman–Crippen MR) is 98.2 cm³/mol. The minimum absolute atomic E-state index is 0.329. The lowest BCUT2D eigenvalue weighted by Gasteiger charge is -2.40. The number of benzene rings is 1. The van der Waals surface area contributed by atoms with Gasteiger partial charge in [-0.1, -0.05) is 18.2 Å². The van der Waals surface area contributed by atoms with E-state index in [1.807, 2.05) is 4.72 Å². The summed E-state index contributed by atoms with van der Waals surface area (Å²) in [6.45, 7) is -1.10. The van der Waals surface area contributed by atoms with Crippen LogP contribution in [0.25, 0.3) is 0 Å². The van der Waals surface area contributed by atoms with Crippen molar-refractivity contribution in [2.75, 3.05) is 6.61 Å². The predicted octanol–water partition coefficient (Wildman–Crippen LogP) is -1.54. The maximum absolute atomic E-state index is 12.8. The van der Waals surface area contributed by atoms with Crippen LogP contribution in [0.4, 0.5) is 13.2 Å². The SMILES string of the molecule is O=C(O)C1=C[C@H](NS(=O)(=O)c2ccccc2)[C@@H](NC(=O)C(F)(F)F)[C@H]([C@H](O)[C@H](O)CO)O1. The summed E-state index contributed by atoms with van der Waals surface area (Å²) < 4.78 is 70.7. The van der Waals surface area contributed by atoms with Crippen molar-refractivity contribution in [3.8, 4) is 0 Å². The molecule has 1 aliphatic heterocycles. The Labute approximate surface area is 179 Å². The lowest BCUT2D eigenvalue weighted by Crippen LogP contribution is -2.64. The molecule has 15 heteroatoms. The van der Waals surface area contributed by atoms with Gasteiger partial charge in [0, 0.05) is 0 Å². The van der Waals surface area contributed by atoms with E-state index in [1.165, 1.54) is 23.5 Å². The van der Waals surface area contributed by atoms with Crippen molar-refractivity contribution < 1.29 is 56.3 Å². The molecular formula is C17H19F3N2O9S. The number of rotatable bonds is 8. The Balaban J connectivity index is 2.53. The lowest BCUT2D eigenvalue weighted by molar-refractivity contribution is -0.177. The fourth-order valence-electron chi connectivity index (χ4n) is 2.82. The number of alkyl halides is 3. The van der Waals surface area contributed by atoms with E-state index in [4.69, 9.17) is 9.84 Å². The first kappa shape index (κ1) is 25.5. The van der Waals surface area contributed by atoms with Crippen LogP contribution in [-0.2, 0) is 24.3 Å². The van der Waals surface area contributed by atoms with Gasteiger partial charge in [0.2, 0.25) is 15.8 Å². The Kier molecular flexibility index (Phi) is 7.84. The highest BCUT2D eigenvalue weighted by Gasteiger charge is 2.48. The fraction of sp³-hybridized carbons (Fsp3) is 0.412.